The summed E-state index contributed by atoms with van der Waals surface area (Å²) in [5.74, 6) is 4.44. The normalized spacial score (nSPS) is 12.8. The first-order chi connectivity index (χ1) is 48.1. The van der Waals surface area contributed by atoms with Crippen LogP contribution in [0.5, 0.6) is 34.5 Å². The summed E-state index contributed by atoms with van der Waals surface area (Å²) < 4.78 is 43.3. The lowest BCUT2D eigenvalue weighted by Gasteiger charge is -2.29. The summed E-state index contributed by atoms with van der Waals surface area (Å²) >= 11 is 0. The predicted molar refractivity (Wildman–Crippen MR) is 410 cm³/mol. The highest BCUT2D eigenvalue weighted by Gasteiger charge is 2.32. The lowest BCUT2D eigenvalue weighted by atomic mass is 9.79. The van der Waals surface area contributed by atoms with Crippen LogP contribution < -0.4 is 28.4 Å². The van der Waals surface area contributed by atoms with Gasteiger partial charge in [0, 0.05) is 77.0 Å². The molecule has 0 atom stereocenters. The van der Waals surface area contributed by atoms with Crippen molar-refractivity contribution in [2.75, 3.05) is 39.6 Å². The van der Waals surface area contributed by atoms with Crippen LogP contribution in [0.25, 0.3) is 0 Å². The molecule has 0 saturated carbocycles. The molecule has 0 amide bonds. The van der Waals surface area contributed by atoms with E-state index < -0.39 is 0 Å². The number of hydrogen-bond donors (Lipinski definition) is 0. The molecule has 0 fully saturated rings. The zero-order chi connectivity index (χ0) is 74.8. The van der Waals surface area contributed by atoms with Crippen molar-refractivity contribution in [1.29, 1.82) is 31.6 Å². The monoisotopic (exact) mass is 1370 g/mol. The highest BCUT2D eigenvalue weighted by molar-refractivity contribution is 5.62. The molecule has 1 aliphatic carbocycles. The minimum Gasteiger partial charge on any atom is -0.493 e. The van der Waals surface area contributed by atoms with Gasteiger partial charge in [-0.15, -0.1) is 0 Å². The molecule has 0 saturated heterocycles. The molecule has 0 radical (unpaired) electrons. The van der Waals surface area contributed by atoms with E-state index in [-0.39, 0.29) is 32.5 Å². The van der Waals surface area contributed by atoms with Crippen molar-refractivity contribution < 1.29 is 28.4 Å². The molecule has 102 heavy (non-hydrogen) atoms. The molecule has 12 nitrogen and oxygen atoms in total. The molecule has 0 spiro atoms. The van der Waals surface area contributed by atoms with E-state index in [1.807, 2.05) is 0 Å². The van der Waals surface area contributed by atoms with Crippen molar-refractivity contribution >= 4 is 0 Å². The summed E-state index contributed by atoms with van der Waals surface area (Å²) in [5.41, 5.74) is 16.4. The molecule has 6 aromatic carbocycles. The second-order valence-corrected chi connectivity index (χ2v) is 34.0. The number of rotatable bonds is 24. The van der Waals surface area contributed by atoms with Gasteiger partial charge >= 0.3 is 0 Å². The summed E-state index contributed by atoms with van der Waals surface area (Å²) in [6, 6.07) is 41.8. The Morgan fingerprint density at radius 3 is 0.412 bits per heavy atom. The van der Waals surface area contributed by atoms with Gasteiger partial charge in [0.2, 0.25) is 0 Å². The Bertz CT molecular complexity index is 3330. The van der Waals surface area contributed by atoms with Gasteiger partial charge in [-0.1, -0.05) is 197 Å². The van der Waals surface area contributed by atoms with Gasteiger partial charge in [-0.3, -0.25) is 0 Å². The third kappa shape index (κ3) is 22.0. The van der Waals surface area contributed by atoms with Crippen molar-refractivity contribution in [2.45, 2.75) is 273 Å². The topological polar surface area (TPSA) is 198 Å². The van der Waals surface area contributed by atoms with E-state index >= 15 is 0 Å². The number of fused-ring (bicyclic) bond motifs is 12. The molecule has 0 aliphatic heterocycles. The lowest BCUT2D eigenvalue weighted by molar-refractivity contribution is 0.300. The Hall–Kier alpha value is -8.94. The Kier molecular flexibility index (Phi) is 27.8. The molecule has 12 bridgehead atoms. The number of nitrogens with zero attached hydrogens (tertiary/aromatic N) is 6. The minimum atomic E-state index is -0.326. The second-order valence-electron chi connectivity index (χ2n) is 34.0. The number of unbranched alkanes of at least 4 members (excludes halogenated alkanes) is 6. The molecular weight excluding hydrogens is 1260 g/mol. The van der Waals surface area contributed by atoms with Crippen LogP contribution in [0.15, 0.2) is 72.8 Å². The Labute approximate surface area is 612 Å². The van der Waals surface area contributed by atoms with Crippen LogP contribution in [-0.2, 0) is 71.0 Å². The van der Waals surface area contributed by atoms with E-state index in [0.717, 1.165) is 135 Å². The molecule has 0 N–H and O–H groups in total. The highest BCUT2D eigenvalue weighted by atomic mass is 16.5. The van der Waals surface area contributed by atoms with Crippen molar-refractivity contribution in [3.05, 3.63) is 173 Å². The summed E-state index contributed by atoms with van der Waals surface area (Å²) in [6.45, 7) is 42.3. The van der Waals surface area contributed by atoms with Gasteiger partial charge < -0.3 is 28.4 Å². The standard InChI is InChI=1S/C90H114N6O6/c1-85(2,3)73-49-61-43-63-51-74(86(4,5)6)53-65(80(63)98-38-26-20-32-92)45-67-55-76(88(10,11)12)57-69(82(67)100-40-28-22-34-94)47-71-59-78(90(16,17)18)60-72(84(71)102-42-30-24-36-96)48-70-58-77(89(13,14)15)56-68(83(70)101-41-29-23-35-95)46-66-54-75(87(7,8)9)52-64(81(66)99-39-27-21-33-93)44-62(50-73)79(61)97-37-25-19-31-91/h49-60H,19-30,37-48H2,1-18H3. The van der Waals surface area contributed by atoms with Gasteiger partial charge in [-0.25, -0.2) is 0 Å². The van der Waals surface area contributed by atoms with Crippen LogP contribution in [0.3, 0.4) is 0 Å². The lowest BCUT2D eigenvalue weighted by Crippen LogP contribution is -2.18. The van der Waals surface area contributed by atoms with Crippen LogP contribution >= 0.6 is 0 Å². The molecule has 0 aromatic heterocycles. The first-order valence-corrected chi connectivity index (χ1v) is 37.1. The average molecular weight is 1380 g/mol. The van der Waals surface area contributed by atoms with Gasteiger partial charge in [0.25, 0.3) is 0 Å². The zero-order valence-electron chi connectivity index (χ0n) is 65.0. The summed E-state index contributed by atoms with van der Waals surface area (Å²) in [4.78, 5) is 0. The Balaban J connectivity index is 1.77. The van der Waals surface area contributed by atoms with E-state index in [0.29, 0.717) is 155 Å². The maximum atomic E-state index is 9.95. The van der Waals surface area contributed by atoms with Gasteiger partial charge in [0.1, 0.15) is 34.5 Å². The maximum Gasteiger partial charge on any atom is 0.126 e. The summed E-state index contributed by atoms with van der Waals surface area (Å²) in [6.07, 6.45) is 7.59. The van der Waals surface area contributed by atoms with Crippen LogP contribution in [0, 0.1) is 68.0 Å². The molecule has 0 heterocycles. The number of hydrogen-bond acceptors (Lipinski definition) is 12. The van der Waals surface area contributed by atoms with Gasteiger partial charge in [-0.05, 0) is 171 Å². The quantitative estimate of drug-likeness (QED) is 0.0520. The van der Waals surface area contributed by atoms with Crippen molar-refractivity contribution in [2.24, 2.45) is 0 Å². The fourth-order valence-corrected chi connectivity index (χ4v) is 13.0. The molecule has 6 aromatic rings. The van der Waals surface area contributed by atoms with Crippen LogP contribution in [-0.4, -0.2) is 39.6 Å². The number of nitriles is 6. The van der Waals surface area contributed by atoms with Crippen LogP contribution in [0.4, 0.5) is 0 Å². The van der Waals surface area contributed by atoms with Crippen LogP contribution in [0.2, 0.25) is 0 Å². The molecule has 7 rings (SSSR count). The van der Waals surface area contributed by atoms with E-state index in [2.05, 4.69) is 234 Å². The predicted octanol–water partition coefficient (Wildman–Crippen LogP) is 21.4. The SMILES string of the molecule is CC(C)(C)c1cc2c(OCCCC#N)c(c1)Cc1cc(C(C)(C)C)cc(c1OCCCC#N)Cc1cc(C(C)(C)C)cc(c1OCCCC#N)Cc1cc(C(C)(C)C)cc(c1OCCCC#N)Cc1cc(C(C)(C)C)cc(c1OCCCC#N)Cc1cc(C(C)(C)C)cc(c1OCCCC#N)C2. The zero-order valence-corrected chi connectivity index (χ0v) is 65.0. The van der Waals surface area contributed by atoms with Crippen molar-refractivity contribution in [1.82, 2.24) is 0 Å². The highest BCUT2D eigenvalue weighted by Crippen LogP contribution is 2.47. The van der Waals surface area contributed by atoms with Crippen molar-refractivity contribution in [3.8, 4) is 70.9 Å². The fraction of sp³-hybridized carbons (Fsp3) is 0.533. The molecule has 540 valence electrons. The Morgan fingerprint density at radius 1 is 0.216 bits per heavy atom. The summed E-state index contributed by atoms with van der Waals surface area (Å²) in [7, 11) is 0. The number of benzene rings is 6. The van der Waals surface area contributed by atoms with Crippen LogP contribution in [0.1, 0.15) is 302 Å². The molecule has 1 aliphatic rings. The number of ether oxygens (including phenoxy) is 6. The average Bonchev–Trinajstić information content (AvgIpc) is 0.772. The van der Waals surface area contributed by atoms with Gasteiger partial charge in [0.05, 0.1) is 76.1 Å². The Morgan fingerprint density at radius 2 is 0.324 bits per heavy atom. The van der Waals surface area contributed by atoms with Gasteiger partial charge in [-0.2, -0.15) is 31.6 Å². The maximum absolute atomic E-state index is 9.95. The van der Waals surface area contributed by atoms with E-state index in [9.17, 15) is 31.6 Å². The van der Waals surface area contributed by atoms with Gasteiger partial charge in [0.15, 0.2) is 0 Å². The summed E-state index contributed by atoms with van der Waals surface area (Å²) in [5, 5.41) is 59.7. The van der Waals surface area contributed by atoms with Crippen molar-refractivity contribution in [3.63, 3.8) is 0 Å². The van der Waals surface area contributed by atoms with E-state index in [4.69, 9.17) is 28.4 Å². The first-order valence-electron chi connectivity index (χ1n) is 37.1. The smallest absolute Gasteiger partial charge is 0.126 e. The van der Waals surface area contributed by atoms with E-state index in [1.54, 1.807) is 0 Å². The third-order valence-electron chi connectivity index (χ3n) is 19.0. The molecule has 0 unspecified atom stereocenters. The fourth-order valence-electron chi connectivity index (χ4n) is 13.0. The first kappa shape index (κ1) is 80.4. The third-order valence-corrected chi connectivity index (χ3v) is 19.0. The molecular formula is C90H114N6O6. The largest absolute Gasteiger partial charge is 0.493 e. The molecule has 12 heteroatoms. The minimum absolute atomic E-state index is 0.307. The second kappa shape index (κ2) is 35.3. The van der Waals surface area contributed by atoms with E-state index in [1.165, 1.54) is 0 Å².